The first kappa shape index (κ1) is 13.9. The second-order valence-corrected chi connectivity index (χ2v) is 6.62. The molecule has 4 nitrogen and oxygen atoms in total. The predicted molar refractivity (Wildman–Crippen MR) is 83.2 cm³/mol. The van der Waals surface area contributed by atoms with Crippen LogP contribution in [0.15, 0.2) is 24.3 Å². The van der Waals surface area contributed by atoms with Crippen molar-refractivity contribution >= 4 is 21.6 Å². The SMILES string of the molecule is O[C@]1(CNCCCc2nc3ccccc3s2)CCNC1. The number of fused-ring (bicyclic) bond motifs is 1. The number of β-amino-alcohol motifs (C(OH)–C–C–N with tert-alkyl or cyclic N) is 1. The highest BCUT2D eigenvalue weighted by atomic mass is 32.1. The first-order valence-corrected chi connectivity index (χ1v) is 8.05. The molecule has 0 unspecified atom stereocenters. The quantitative estimate of drug-likeness (QED) is 0.707. The highest BCUT2D eigenvalue weighted by Gasteiger charge is 2.30. The van der Waals surface area contributed by atoms with E-state index in [-0.39, 0.29) is 0 Å². The van der Waals surface area contributed by atoms with Gasteiger partial charge in [0.15, 0.2) is 0 Å². The second kappa shape index (κ2) is 6.18. The van der Waals surface area contributed by atoms with E-state index in [1.807, 2.05) is 6.07 Å². The summed E-state index contributed by atoms with van der Waals surface area (Å²) in [7, 11) is 0. The van der Waals surface area contributed by atoms with Crippen LogP contribution in [0.4, 0.5) is 0 Å². The molecule has 1 aromatic carbocycles. The summed E-state index contributed by atoms with van der Waals surface area (Å²) in [5.41, 5.74) is 0.558. The molecule has 20 heavy (non-hydrogen) atoms. The van der Waals surface area contributed by atoms with E-state index in [1.165, 1.54) is 9.71 Å². The molecular formula is C15H21N3OS. The first-order valence-electron chi connectivity index (χ1n) is 7.23. The summed E-state index contributed by atoms with van der Waals surface area (Å²) >= 11 is 1.78. The smallest absolute Gasteiger partial charge is 0.0939 e. The summed E-state index contributed by atoms with van der Waals surface area (Å²) in [6.07, 6.45) is 2.91. The number of aryl methyl sites for hydroxylation is 1. The first-order chi connectivity index (χ1) is 9.75. The molecule has 2 aromatic rings. The van der Waals surface area contributed by atoms with Gasteiger partial charge in [-0.2, -0.15) is 0 Å². The molecular weight excluding hydrogens is 270 g/mol. The monoisotopic (exact) mass is 291 g/mol. The van der Waals surface area contributed by atoms with Gasteiger partial charge in [0.2, 0.25) is 0 Å². The lowest BCUT2D eigenvalue weighted by Gasteiger charge is -2.21. The van der Waals surface area contributed by atoms with Crippen molar-refractivity contribution in [1.82, 2.24) is 15.6 Å². The Bertz CT molecular complexity index is 530. The molecule has 0 aliphatic carbocycles. The topological polar surface area (TPSA) is 57.2 Å². The molecule has 1 atom stereocenters. The standard InChI is InChI=1S/C15H21N3OS/c19-15(7-9-17-11-15)10-16-8-3-6-14-18-12-4-1-2-5-13(12)20-14/h1-2,4-5,16-17,19H,3,6-11H2/t15-/m0/s1. The van der Waals surface area contributed by atoms with Crippen molar-refractivity contribution in [2.24, 2.45) is 0 Å². The largest absolute Gasteiger partial charge is 0.387 e. The van der Waals surface area contributed by atoms with Crippen molar-refractivity contribution < 1.29 is 5.11 Å². The fourth-order valence-corrected chi connectivity index (χ4v) is 3.60. The minimum atomic E-state index is -0.546. The van der Waals surface area contributed by atoms with Gasteiger partial charge >= 0.3 is 0 Å². The molecule has 1 aromatic heterocycles. The molecule has 1 aliphatic heterocycles. The maximum Gasteiger partial charge on any atom is 0.0939 e. The van der Waals surface area contributed by atoms with E-state index in [4.69, 9.17) is 0 Å². The second-order valence-electron chi connectivity index (χ2n) is 5.51. The third-order valence-corrected chi connectivity index (χ3v) is 4.85. The zero-order valence-electron chi connectivity index (χ0n) is 11.6. The van der Waals surface area contributed by atoms with E-state index in [0.717, 1.165) is 37.9 Å². The molecule has 3 N–H and O–H groups in total. The number of aromatic nitrogens is 1. The number of nitrogens with zero attached hydrogens (tertiary/aromatic N) is 1. The Morgan fingerprint density at radius 3 is 3.10 bits per heavy atom. The van der Waals surface area contributed by atoms with Crippen LogP contribution >= 0.6 is 11.3 Å². The average molecular weight is 291 g/mol. The van der Waals surface area contributed by atoms with Crippen LogP contribution in [0.25, 0.3) is 10.2 Å². The molecule has 0 spiro atoms. The lowest BCUT2D eigenvalue weighted by molar-refractivity contribution is 0.0613. The van der Waals surface area contributed by atoms with Crippen molar-refractivity contribution in [3.63, 3.8) is 0 Å². The highest BCUT2D eigenvalue weighted by molar-refractivity contribution is 7.18. The van der Waals surface area contributed by atoms with Gasteiger partial charge in [-0.1, -0.05) is 12.1 Å². The summed E-state index contributed by atoms with van der Waals surface area (Å²) < 4.78 is 1.27. The molecule has 5 heteroatoms. The minimum Gasteiger partial charge on any atom is -0.387 e. The molecule has 1 fully saturated rings. The summed E-state index contributed by atoms with van der Waals surface area (Å²) in [5.74, 6) is 0. The molecule has 0 bridgehead atoms. The van der Waals surface area contributed by atoms with Crippen LogP contribution in [0.2, 0.25) is 0 Å². The minimum absolute atomic E-state index is 0.546. The molecule has 0 saturated carbocycles. The maximum atomic E-state index is 10.2. The van der Waals surface area contributed by atoms with Gasteiger partial charge in [-0.15, -0.1) is 11.3 Å². The van der Waals surface area contributed by atoms with Gasteiger partial charge in [0.25, 0.3) is 0 Å². The molecule has 108 valence electrons. The number of hydrogen-bond donors (Lipinski definition) is 3. The van der Waals surface area contributed by atoms with E-state index in [0.29, 0.717) is 13.1 Å². The van der Waals surface area contributed by atoms with Gasteiger partial charge in [-0.25, -0.2) is 4.98 Å². The number of aliphatic hydroxyl groups is 1. The molecule has 3 rings (SSSR count). The van der Waals surface area contributed by atoms with Crippen LogP contribution in [0, 0.1) is 0 Å². The Hall–Kier alpha value is -1.01. The number of para-hydroxylation sites is 1. The van der Waals surface area contributed by atoms with Crippen molar-refractivity contribution in [1.29, 1.82) is 0 Å². The summed E-state index contributed by atoms with van der Waals surface area (Å²) in [4.78, 5) is 4.63. The Morgan fingerprint density at radius 1 is 1.40 bits per heavy atom. The molecule has 2 heterocycles. The number of nitrogens with one attached hydrogen (secondary N) is 2. The zero-order chi connectivity index (χ0) is 13.8. The van der Waals surface area contributed by atoms with Gasteiger partial charge < -0.3 is 15.7 Å². The lowest BCUT2D eigenvalue weighted by atomic mass is 10.0. The molecule has 0 amide bonds. The third-order valence-electron chi connectivity index (χ3n) is 3.76. The summed E-state index contributed by atoms with van der Waals surface area (Å²) in [6, 6.07) is 8.28. The molecule has 0 radical (unpaired) electrons. The van der Waals surface area contributed by atoms with Crippen LogP contribution in [0.5, 0.6) is 0 Å². The van der Waals surface area contributed by atoms with Crippen molar-refractivity contribution in [2.45, 2.75) is 24.9 Å². The Morgan fingerprint density at radius 2 is 2.30 bits per heavy atom. The molecule has 1 saturated heterocycles. The van der Waals surface area contributed by atoms with E-state index in [1.54, 1.807) is 11.3 Å². The van der Waals surface area contributed by atoms with Crippen molar-refractivity contribution in [3.05, 3.63) is 29.3 Å². The van der Waals surface area contributed by atoms with Gasteiger partial charge in [-0.05, 0) is 38.1 Å². The molecule has 1 aliphatic rings. The van der Waals surface area contributed by atoms with E-state index < -0.39 is 5.60 Å². The lowest BCUT2D eigenvalue weighted by Crippen LogP contribution is -2.42. The number of rotatable bonds is 6. The van der Waals surface area contributed by atoms with Crippen LogP contribution < -0.4 is 10.6 Å². The Labute approximate surface area is 123 Å². The average Bonchev–Trinajstić information content (AvgIpc) is 3.04. The predicted octanol–water partition coefficient (Wildman–Crippen LogP) is 1.54. The van der Waals surface area contributed by atoms with Gasteiger partial charge in [0.05, 0.1) is 20.8 Å². The summed E-state index contributed by atoms with van der Waals surface area (Å²) in [5, 5.41) is 17.9. The maximum absolute atomic E-state index is 10.2. The van der Waals surface area contributed by atoms with Crippen molar-refractivity contribution in [2.75, 3.05) is 26.2 Å². The van der Waals surface area contributed by atoms with Crippen LogP contribution in [0.3, 0.4) is 0 Å². The van der Waals surface area contributed by atoms with E-state index in [2.05, 4.69) is 33.8 Å². The fraction of sp³-hybridized carbons (Fsp3) is 0.533. The van der Waals surface area contributed by atoms with Crippen LogP contribution in [-0.2, 0) is 6.42 Å². The summed E-state index contributed by atoms with van der Waals surface area (Å²) in [6.45, 7) is 3.24. The van der Waals surface area contributed by atoms with Crippen LogP contribution in [-0.4, -0.2) is 41.9 Å². The normalized spacial score (nSPS) is 22.6. The highest BCUT2D eigenvalue weighted by Crippen LogP contribution is 2.22. The van der Waals surface area contributed by atoms with Crippen LogP contribution in [0.1, 0.15) is 17.8 Å². The van der Waals surface area contributed by atoms with E-state index >= 15 is 0 Å². The number of hydrogen-bond acceptors (Lipinski definition) is 5. The fourth-order valence-electron chi connectivity index (χ4n) is 2.59. The number of thiazole rings is 1. The van der Waals surface area contributed by atoms with E-state index in [9.17, 15) is 5.11 Å². The van der Waals surface area contributed by atoms with Gasteiger partial charge in [0, 0.05) is 19.5 Å². The van der Waals surface area contributed by atoms with Gasteiger partial charge in [-0.3, -0.25) is 0 Å². The third kappa shape index (κ3) is 3.35. The Balaban J connectivity index is 1.41. The van der Waals surface area contributed by atoms with Crippen molar-refractivity contribution in [3.8, 4) is 0 Å². The zero-order valence-corrected chi connectivity index (χ0v) is 12.4. The van der Waals surface area contributed by atoms with Gasteiger partial charge in [0.1, 0.15) is 0 Å². The Kier molecular flexibility index (Phi) is 4.31. The number of benzene rings is 1.